The molecule has 0 aromatic carbocycles. The fraction of sp³-hybridized carbons (Fsp3) is 0.882. The third-order valence-corrected chi connectivity index (χ3v) is 9.66. The van der Waals surface area contributed by atoms with E-state index in [1.54, 1.807) is 27.7 Å². The van der Waals surface area contributed by atoms with Gasteiger partial charge in [-0.05, 0) is 60.3 Å². The van der Waals surface area contributed by atoms with Crippen molar-refractivity contribution < 1.29 is 92.2 Å². The van der Waals surface area contributed by atoms with Crippen LogP contribution in [-0.4, -0.2) is 119 Å². The van der Waals surface area contributed by atoms with Crippen LogP contribution >= 0.6 is 0 Å². The molecule has 20 heteroatoms. The highest BCUT2D eigenvalue weighted by atomic mass is 19.4. The van der Waals surface area contributed by atoms with E-state index in [9.17, 15) is 54.3 Å². The SMILES string of the molecule is COCC(F)(F)C(F)(F)C(F)(F)C(F)(F)COC(=O)C1CC(C(C)=O)C(C(=O)OCCC2COC(C)(C)OC2)CC1C(=O)OCCC1COC(C)(C)OC1. The Labute approximate surface area is 307 Å². The van der Waals surface area contributed by atoms with Gasteiger partial charge in [-0.15, -0.1) is 0 Å². The predicted octanol–water partition coefficient (Wildman–Crippen LogP) is 5.23. The average Bonchev–Trinajstić information content (AvgIpc) is 3.07. The highest BCUT2D eigenvalue weighted by molar-refractivity contribution is 5.89. The largest absolute Gasteiger partial charge is 0.465 e. The molecule has 3 rings (SSSR count). The molecule has 4 atom stereocenters. The second-order valence-electron chi connectivity index (χ2n) is 14.8. The Morgan fingerprint density at radius 3 is 1.28 bits per heavy atom. The summed E-state index contributed by atoms with van der Waals surface area (Å²) in [5.41, 5.74) is 0. The third kappa shape index (κ3) is 11.0. The number of ketones is 1. The summed E-state index contributed by atoms with van der Waals surface area (Å²) in [6.07, 6.45) is -0.860. The quantitative estimate of drug-likeness (QED) is 0.108. The molecular formula is C34H48F8O12. The van der Waals surface area contributed by atoms with Crippen LogP contribution in [0.15, 0.2) is 0 Å². The molecule has 0 radical (unpaired) electrons. The number of hydrogen-bond acceptors (Lipinski definition) is 12. The van der Waals surface area contributed by atoms with E-state index in [-0.39, 0.29) is 44.7 Å². The molecule has 4 unspecified atom stereocenters. The summed E-state index contributed by atoms with van der Waals surface area (Å²) in [5.74, 6) is -38.2. The number of carbonyl (C=O) groups is 4. The average molecular weight is 801 g/mol. The van der Waals surface area contributed by atoms with Crippen LogP contribution in [-0.2, 0) is 57.1 Å². The summed E-state index contributed by atoms with van der Waals surface area (Å²) in [4.78, 5) is 52.7. The second-order valence-corrected chi connectivity index (χ2v) is 14.8. The molecule has 0 aromatic heterocycles. The Kier molecular flexibility index (Phi) is 14.9. The summed E-state index contributed by atoms with van der Waals surface area (Å²) in [6, 6.07) is 0. The zero-order chi connectivity index (χ0) is 40.9. The minimum atomic E-state index is -6.77. The van der Waals surface area contributed by atoms with Crippen LogP contribution in [0, 0.1) is 35.5 Å². The number of rotatable bonds is 17. The van der Waals surface area contributed by atoms with Crippen molar-refractivity contribution in [2.45, 2.75) is 95.6 Å². The van der Waals surface area contributed by atoms with Crippen LogP contribution in [0.4, 0.5) is 35.1 Å². The van der Waals surface area contributed by atoms with Gasteiger partial charge in [-0.3, -0.25) is 19.2 Å². The second kappa shape index (κ2) is 17.6. The van der Waals surface area contributed by atoms with Crippen molar-refractivity contribution in [3.8, 4) is 0 Å². The number of esters is 3. The first-order valence-corrected chi connectivity index (χ1v) is 17.3. The monoisotopic (exact) mass is 800 g/mol. The van der Waals surface area contributed by atoms with Gasteiger partial charge in [0, 0.05) is 24.9 Å². The molecule has 312 valence electrons. The number of carbonyl (C=O) groups excluding carboxylic acids is 4. The number of Topliss-reactive ketones (excluding diaryl/α,β-unsaturated/α-hetero) is 1. The maximum Gasteiger partial charge on any atom is 0.381 e. The molecular weight excluding hydrogens is 752 g/mol. The summed E-state index contributed by atoms with van der Waals surface area (Å²) in [5, 5.41) is 0. The van der Waals surface area contributed by atoms with Gasteiger partial charge in [-0.2, -0.15) is 35.1 Å². The maximum atomic E-state index is 14.6. The first kappa shape index (κ1) is 45.7. The lowest BCUT2D eigenvalue weighted by Gasteiger charge is -2.38. The van der Waals surface area contributed by atoms with E-state index in [1.807, 2.05) is 0 Å². The van der Waals surface area contributed by atoms with Crippen molar-refractivity contribution in [2.24, 2.45) is 35.5 Å². The van der Waals surface area contributed by atoms with Gasteiger partial charge in [0.2, 0.25) is 0 Å². The zero-order valence-corrected chi connectivity index (χ0v) is 30.9. The summed E-state index contributed by atoms with van der Waals surface area (Å²) in [7, 11) is 0.453. The van der Waals surface area contributed by atoms with Gasteiger partial charge in [0.25, 0.3) is 0 Å². The molecule has 2 aliphatic heterocycles. The molecule has 1 aliphatic carbocycles. The fourth-order valence-corrected chi connectivity index (χ4v) is 6.18. The Balaban J connectivity index is 1.77. The number of hydrogen-bond donors (Lipinski definition) is 0. The van der Waals surface area contributed by atoms with Gasteiger partial charge in [-0.25, -0.2) is 0 Å². The first-order valence-electron chi connectivity index (χ1n) is 17.3. The predicted molar refractivity (Wildman–Crippen MR) is 167 cm³/mol. The number of methoxy groups -OCH3 is 1. The Morgan fingerprint density at radius 2 is 0.907 bits per heavy atom. The molecule has 54 heavy (non-hydrogen) atoms. The van der Waals surface area contributed by atoms with E-state index in [0.717, 1.165) is 6.92 Å². The highest BCUT2D eigenvalue weighted by Gasteiger charge is 2.80. The summed E-state index contributed by atoms with van der Waals surface area (Å²) >= 11 is 0. The number of alkyl halides is 8. The van der Waals surface area contributed by atoms with Crippen molar-refractivity contribution in [2.75, 3.05) is 60.0 Å². The minimum Gasteiger partial charge on any atom is -0.465 e. The van der Waals surface area contributed by atoms with Crippen LogP contribution in [0.2, 0.25) is 0 Å². The van der Waals surface area contributed by atoms with Gasteiger partial charge in [0.15, 0.2) is 18.2 Å². The van der Waals surface area contributed by atoms with E-state index in [2.05, 4.69) is 9.47 Å². The molecule has 0 aromatic rings. The van der Waals surface area contributed by atoms with Crippen molar-refractivity contribution in [1.29, 1.82) is 0 Å². The molecule has 2 heterocycles. The lowest BCUT2D eigenvalue weighted by Crippen LogP contribution is -2.64. The lowest BCUT2D eigenvalue weighted by molar-refractivity contribution is -0.374. The molecule has 2 saturated heterocycles. The smallest absolute Gasteiger partial charge is 0.381 e. The minimum absolute atomic E-state index is 0.148. The summed E-state index contributed by atoms with van der Waals surface area (Å²) < 4.78 is 155. The number of halogens is 8. The van der Waals surface area contributed by atoms with E-state index < -0.39 is 109 Å². The molecule has 0 amide bonds. The third-order valence-electron chi connectivity index (χ3n) is 9.66. The van der Waals surface area contributed by atoms with E-state index in [1.165, 1.54) is 0 Å². The lowest BCUT2D eigenvalue weighted by atomic mass is 9.67. The van der Waals surface area contributed by atoms with Gasteiger partial charge in [0.05, 0.1) is 57.4 Å². The van der Waals surface area contributed by atoms with Crippen LogP contribution in [0.1, 0.15) is 60.3 Å². The van der Waals surface area contributed by atoms with Crippen LogP contribution < -0.4 is 0 Å². The Morgan fingerprint density at radius 1 is 0.574 bits per heavy atom. The molecule has 0 bridgehead atoms. The standard InChI is InChI=1S/C34H48F8O12/c1-19(43)22-11-24(28(46)50-18-32(37,38)34(41,42)33(39,40)31(35,36)17-47-6)25(27(45)49-10-8-21-15-53-30(4,5)54-16-21)12-23(22)26(44)48-9-7-20-13-51-29(2,3)52-14-20/h20-25H,7-18H2,1-6H3. The van der Waals surface area contributed by atoms with Gasteiger partial charge in [-0.1, -0.05) is 0 Å². The molecule has 0 spiro atoms. The van der Waals surface area contributed by atoms with Crippen molar-refractivity contribution in [3.63, 3.8) is 0 Å². The van der Waals surface area contributed by atoms with Crippen molar-refractivity contribution in [1.82, 2.24) is 0 Å². The Bertz CT molecular complexity index is 1310. The zero-order valence-electron chi connectivity index (χ0n) is 30.9. The van der Waals surface area contributed by atoms with Gasteiger partial charge in [0.1, 0.15) is 12.4 Å². The number of ether oxygens (including phenoxy) is 8. The Hall–Kier alpha value is -2.68. The topological polar surface area (TPSA) is 142 Å². The molecule has 3 fully saturated rings. The molecule has 3 aliphatic rings. The van der Waals surface area contributed by atoms with Crippen LogP contribution in [0.25, 0.3) is 0 Å². The van der Waals surface area contributed by atoms with E-state index in [0.29, 0.717) is 26.7 Å². The maximum absolute atomic E-state index is 14.6. The van der Waals surface area contributed by atoms with E-state index in [4.69, 9.17) is 28.4 Å². The molecule has 12 nitrogen and oxygen atoms in total. The molecule has 1 saturated carbocycles. The highest BCUT2D eigenvalue weighted by Crippen LogP contribution is 2.53. The van der Waals surface area contributed by atoms with E-state index >= 15 is 0 Å². The molecule has 0 N–H and O–H groups in total. The normalized spacial score (nSPS) is 25.8. The van der Waals surface area contributed by atoms with Crippen molar-refractivity contribution in [3.05, 3.63) is 0 Å². The summed E-state index contributed by atoms with van der Waals surface area (Å²) in [6.45, 7) is 3.38. The van der Waals surface area contributed by atoms with Crippen LogP contribution in [0.3, 0.4) is 0 Å². The van der Waals surface area contributed by atoms with Crippen LogP contribution in [0.5, 0.6) is 0 Å². The fourth-order valence-electron chi connectivity index (χ4n) is 6.18. The van der Waals surface area contributed by atoms with Gasteiger partial charge >= 0.3 is 41.6 Å². The first-order chi connectivity index (χ1) is 24.8. The van der Waals surface area contributed by atoms with Crippen molar-refractivity contribution >= 4 is 23.7 Å². The van der Waals surface area contributed by atoms with Gasteiger partial charge < -0.3 is 37.9 Å².